The fourth-order valence-corrected chi connectivity index (χ4v) is 8.36. The number of fused-ring (bicyclic) bond motifs is 2. The average Bonchev–Trinajstić information content (AvgIpc) is 3.67. The Kier molecular flexibility index (Phi) is 7.87. The second-order valence-electron chi connectivity index (χ2n) is 13.3. The number of rotatable bonds is 7. The van der Waals surface area contributed by atoms with Gasteiger partial charge in [0, 0.05) is 42.5 Å². The number of nitrogens with one attached hydrogen (secondary N) is 2. The normalized spacial score (nSPS) is 20.5. The lowest BCUT2D eigenvalue weighted by molar-refractivity contribution is 0.189. The van der Waals surface area contributed by atoms with E-state index in [2.05, 4.69) is 36.4 Å². The molecule has 2 N–H and O–H groups in total. The number of imidazole rings is 1. The molecular formula is C33H41N7O3S. The van der Waals surface area contributed by atoms with E-state index in [9.17, 15) is 13.2 Å². The Balaban J connectivity index is 1.08. The van der Waals surface area contributed by atoms with Gasteiger partial charge in [-0.25, -0.2) is 22.9 Å². The van der Waals surface area contributed by atoms with Crippen LogP contribution in [-0.2, 0) is 28.9 Å². The van der Waals surface area contributed by atoms with E-state index >= 15 is 0 Å². The van der Waals surface area contributed by atoms with Gasteiger partial charge in [-0.1, -0.05) is 50.6 Å². The Bertz CT molecular complexity index is 1740. The first-order chi connectivity index (χ1) is 20.9. The molecule has 0 radical (unpaired) electrons. The fourth-order valence-electron chi connectivity index (χ4n) is 6.49. The van der Waals surface area contributed by atoms with Crippen LogP contribution in [-0.4, -0.2) is 50.2 Å². The van der Waals surface area contributed by atoms with Crippen molar-refractivity contribution in [3.8, 4) is 5.69 Å². The van der Waals surface area contributed by atoms with Crippen molar-refractivity contribution in [2.45, 2.75) is 82.3 Å². The molecule has 0 spiro atoms. The van der Waals surface area contributed by atoms with Crippen molar-refractivity contribution in [1.82, 2.24) is 23.6 Å². The van der Waals surface area contributed by atoms with Gasteiger partial charge in [0.1, 0.15) is 5.82 Å². The van der Waals surface area contributed by atoms with Crippen molar-refractivity contribution >= 4 is 27.6 Å². The molecule has 11 heteroatoms. The van der Waals surface area contributed by atoms with Gasteiger partial charge in [-0.3, -0.25) is 5.32 Å². The lowest BCUT2D eigenvalue weighted by Crippen LogP contribution is -2.46. The zero-order valence-electron chi connectivity index (χ0n) is 26.0. The quantitative estimate of drug-likeness (QED) is 0.264. The Morgan fingerprint density at radius 3 is 2.23 bits per heavy atom. The fraction of sp³-hybridized carbons (Fsp3) is 0.424. The molecule has 0 aliphatic carbocycles. The third-order valence-corrected chi connectivity index (χ3v) is 10.6. The number of carbonyl (C=O) groups is 1. The van der Waals surface area contributed by atoms with Crippen molar-refractivity contribution < 1.29 is 13.2 Å². The van der Waals surface area contributed by atoms with Crippen LogP contribution in [0.25, 0.3) is 5.69 Å². The maximum absolute atomic E-state index is 13.3. The number of carbonyl (C=O) groups excluding carboxylic acids is 1. The molecule has 2 saturated heterocycles. The van der Waals surface area contributed by atoms with E-state index in [4.69, 9.17) is 5.10 Å². The zero-order valence-corrected chi connectivity index (χ0v) is 26.8. The van der Waals surface area contributed by atoms with Crippen molar-refractivity contribution in [3.05, 3.63) is 83.9 Å². The molecular weight excluding hydrogens is 574 g/mol. The molecule has 232 valence electrons. The van der Waals surface area contributed by atoms with Crippen LogP contribution in [0, 0.1) is 12.8 Å². The van der Waals surface area contributed by atoms with Gasteiger partial charge in [0.05, 0.1) is 17.7 Å². The molecule has 2 aliphatic heterocycles. The van der Waals surface area contributed by atoms with Crippen LogP contribution in [0.4, 0.5) is 16.3 Å². The highest BCUT2D eigenvalue weighted by Gasteiger charge is 2.47. The van der Waals surface area contributed by atoms with E-state index in [0.29, 0.717) is 17.4 Å². The first kappa shape index (κ1) is 30.1. The number of urea groups is 1. The predicted octanol–water partition coefficient (Wildman–Crippen LogP) is 6.03. The van der Waals surface area contributed by atoms with Gasteiger partial charge in [0.2, 0.25) is 0 Å². The Hall–Kier alpha value is -3.96. The third-order valence-electron chi connectivity index (χ3n) is 8.72. The van der Waals surface area contributed by atoms with E-state index in [1.165, 1.54) is 11.9 Å². The van der Waals surface area contributed by atoms with Gasteiger partial charge < -0.3 is 9.88 Å². The van der Waals surface area contributed by atoms with Gasteiger partial charge >= 0.3 is 6.03 Å². The highest BCUT2D eigenvalue weighted by Crippen LogP contribution is 2.43. The minimum Gasteiger partial charge on any atom is -0.339 e. The summed E-state index contributed by atoms with van der Waals surface area (Å²) in [7, 11) is -1.81. The molecule has 4 heterocycles. The molecule has 4 aromatic rings. The number of benzene rings is 2. The number of aromatic nitrogens is 4. The molecule has 44 heavy (non-hydrogen) atoms. The van der Waals surface area contributed by atoms with Crippen molar-refractivity contribution in [2.24, 2.45) is 13.0 Å². The molecule has 2 unspecified atom stereocenters. The molecule has 2 bridgehead atoms. The summed E-state index contributed by atoms with van der Waals surface area (Å²) in [4.78, 5) is 17.2. The van der Waals surface area contributed by atoms with Crippen molar-refractivity contribution in [2.75, 3.05) is 10.6 Å². The second-order valence-corrected chi connectivity index (χ2v) is 15.1. The monoisotopic (exact) mass is 615 g/mol. The zero-order chi connectivity index (χ0) is 31.2. The van der Waals surface area contributed by atoms with E-state index in [1.54, 1.807) is 26.8 Å². The van der Waals surface area contributed by atoms with Gasteiger partial charge in [0.15, 0.2) is 5.03 Å². The maximum atomic E-state index is 13.3. The molecule has 0 saturated carbocycles. The van der Waals surface area contributed by atoms with Crippen LogP contribution in [0.5, 0.6) is 0 Å². The summed E-state index contributed by atoms with van der Waals surface area (Å²) in [6.45, 7) is 8.32. The lowest BCUT2D eigenvalue weighted by atomic mass is 9.87. The second kappa shape index (κ2) is 11.5. The number of nitrogens with zero attached hydrogens (tertiary/aromatic N) is 5. The number of amides is 2. The van der Waals surface area contributed by atoms with E-state index in [0.717, 1.165) is 49.0 Å². The van der Waals surface area contributed by atoms with E-state index in [-0.39, 0.29) is 28.6 Å². The molecule has 2 amide bonds. The highest BCUT2D eigenvalue weighted by atomic mass is 32.2. The topological polar surface area (TPSA) is 114 Å². The summed E-state index contributed by atoms with van der Waals surface area (Å²) in [6.07, 6.45) is 7.47. The number of aryl methyl sites for hydroxylation is 2. The summed E-state index contributed by atoms with van der Waals surface area (Å²) in [5.74, 6) is 1.00. The average molecular weight is 616 g/mol. The van der Waals surface area contributed by atoms with Crippen LogP contribution in [0.15, 0.2) is 72.1 Å². The van der Waals surface area contributed by atoms with Crippen LogP contribution < -0.4 is 10.6 Å². The molecule has 10 nitrogen and oxygen atoms in total. The Labute approximate surface area is 259 Å². The van der Waals surface area contributed by atoms with Crippen LogP contribution in [0.1, 0.15) is 63.3 Å². The van der Waals surface area contributed by atoms with E-state index in [1.807, 2.05) is 61.5 Å². The third kappa shape index (κ3) is 6.16. The first-order valence-electron chi connectivity index (χ1n) is 15.2. The maximum Gasteiger partial charge on any atom is 0.324 e. The van der Waals surface area contributed by atoms with Gasteiger partial charge in [0.25, 0.3) is 10.0 Å². The largest absolute Gasteiger partial charge is 0.339 e. The SMILES string of the molecule is Cc1ccc(-n2nc(C(C)(C)C)cc2NC(=O)Nc2ccc(CC3CC4CCC(C3)N4S(=O)(=O)c3cn(C)cn3)cc2)cc1. The van der Waals surface area contributed by atoms with Crippen LogP contribution in [0.2, 0.25) is 0 Å². The summed E-state index contributed by atoms with van der Waals surface area (Å²) in [6, 6.07) is 17.6. The standard InChI is InChI=1S/C33H41N7O3S/c1-22-6-12-26(13-7-22)39-30(19-29(37-39)33(2,3)4)36-32(41)35-25-10-8-23(9-11-25)16-24-17-27-14-15-28(18-24)40(27)44(42,43)31-20-38(5)21-34-31/h6-13,19-21,24,27-28H,14-18H2,1-5H3,(H2,35,36,41). The molecule has 2 atom stereocenters. The first-order valence-corrected chi connectivity index (χ1v) is 16.7. The van der Waals surface area contributed by atoms with Crippen molar-refractivity contribution in [1.29, 1.82) is 0 Å². The van der Waals surface area contributed by atoms with Gasteiger partial charge in [-0.2, -0.15) is 9.40 Å². The van der Waals surface area contributed by atoms with Gasteiger partial charge in [-0.15, -0.1) is 0 Å². The number of hydrogen-bond donors (Lipinski definition) is 2. The predicted molar refractivity (Wildman–Crippen MR) is 172 cm³/mol. The number of sulfonamides is 1. The molecule has 6 rings (SSSR count). The minimum atomic E-state index is -3.59. The molecule has 2 aliphatic rings. The van der Waals surface area contributed by atoms with Crippen LogP contribution >= 0.6 is 0 Å². The van der Waals surface area contributed by atoms with Crippen molar-refractivity contribution in [3.63, 3.8) is 0 Å². The minimum absolute atomic E-state index is 0.0162. The lowest BCUT2D eigenvalue weighted by Gasteiger charge is -2.37. The summed E-state index contributed by atoms with van der Waals surface area (Å²) >= 11 is 0. The molecule has 2 fully saturated rings. The summed E-state index contributed by atoms with van der Waals surface area (Å²) in [5, 5.41) is 10.9. The number of piperidine rings is 1. The van der Waals surface area contributed by atoms with E-state index < -0.39 is 10.0 Å². The highest BCUT2D eigenvalue weighted by molar-refractivity contribution is 7.89. The summed E-state index contributed by atoms with van der Waals surface area (Å²) < 4.78 is 31.8. The Morgan fingerprint density at radius 1 is 0.977 bits per heavy atom. The van der Waals surface area contributed by atoms with Crippen LogP contribution in [0.3, 0.4) is 0 Å². The smallest absolute Gasteiger partial charge is 0.324 e. The summed E-state index contributed by atoms with van der Waals surface area (Å²) in [5.41, 5.74) is 4.60. The Morgan fingerprint density at radius 2 is 1.64 bits per heavy atom. The van der Waals surface area contributed by atoms with Gasteiger partial charge in [-0.05, 0) is 74.8 Å². The molecule has 2 aromatic carbocycles. The molecule has 2 aromatic heterocycles. The number of hydrogen-bond acceptors (Lipinski definition) is 5. The number of anilines is 2.